The van der Waals surface area contributed by atoms with Gasteiger partial charge in [-0.1, -0.05) is 0 Å². The van der Waals surface area contributed by atoms with E-state index in [2.05, 4.69) is 0 Å². The SMILES string of the molecule is [La].[LiH].[O]=[Ru]. The molecule has 0 spiro atoms. The van der Waals surface area contributed by atoms with Crippen LogP contribution in [0.25, 0.3) is 0 Å². The second-order valence-corrected chi connectivity index (χ2v) is 0. The Hall–Kier alpha value is 2.22. The van der Waals surface area contributed by atoms with E-state index in [-0.39, 0.29) is 54.5 Å². The molecule has 0 aliphatic rings. The van der Waals surface area contributed by atoms with E-state index in [9.17, 15) is 0 Å². The summed E-state index contributed by atoms with van der Waals surface area (Å²) in [6, 6.07) is 0. The molecule has 0 atom stereocenters. The summed E-state index contributed by atoms with van der Waals surface area (Å²) in [6.45, 7) is 0. The van der Waals surface area contributed by atoms with Crippen molar-refractivity contribution in [2.75, 3.05) is 0 Å². The van der Waals surface area contributed by atoms with E-state index in [1.54, 1.807) is 0 Å². The average Bonchev–Trinajstić information content (AvgIpc) is 1.00. The Morgan fingerprint density at radius 2 is 1.25 bits per heavy atom. The predicted molar refractivity (Wildman–Crippen MR) is 7.84 cm³/mol. The normalized spacial score (nSPS) is 1.25. The van der Waals surface area contributed by atoms with Crippen molar-refractivity contribution in [1.82, 2.24) is 0 Å². The van der Waals surface area contributed by atoms with Gasteiger partial charge >= 0.3 is 40.7 Å². The Kier molecular flexibility index (Phi) is 77.2. The van der Waals surface area contributed by atoms with Crippen molar-refractivity contribution in [2.45, 2.75) is 0 Å². The summed E-state index contributed by atoms with van der Waals surface area (Å²) in [7, 11) is 0. The maximum atomic E-state index is 8.18. The van der Waals surface area contributed by atoms with Gasteiger partial charge in [-0.15, -0.1) is 0 Å². The fraction of sp³-hybridized carbons (Fsp3) is 0. The molecule has 0 aromatic rings. The zero-order valence-electron chi connectivity index (χ0n) is 1.34. The molecular formula is HLaLiORu. The van der Waals surface area contributed by atoms with Crippen LogP contribution in [0, 0.1) is 35.6 Å². The van der Waals surface area contributed by atoms with E-state index in [0.29, 0.717) is 0 Å². The Bertz CT molecular complexity index is 8.00. The summed E-state index contributed by atoms with van der Waals surface area (Å²) in [5.41, 5.74) is 0. The molecule has 4 heteroatoms. The molecule has 0 aromatic carbocycles. The van der Waals surface area contributed by atoms with Gasteiger partial charge in [0.25, 0.3) is 0 Å². The molecule has 0 aliphatic heterocycles. The quantitative estimate of drug-likeness (QED) is 0.525. The number of hydrogen-bond donors (Lipinski definition) is 0. The topological polar surface area (TPSA) is 17.1 Å². The van der Waals surface area contributed by atoms with Crippen molar-refractivity contribution >= 4 is 18.9 Å². The van der Waals surface area contributed by atoms with Crippen LogP contribution in [0.15, 0.2) is 0 Å². The molecule has 19 valence electrons. The van der Waals surface area contributed by atoms with Crippen LogP contribution in [0.3, 0.4) is 0 Å². The van der Waals surface area contributed by atoms with Crippen molar-refractivity contribution in [2.24, 2.45) is 0 Å². The molecule has 0 rings (SSSR count). The summed E-state index contributed by atoms with van der Waals surface area (Å²) < 4.78 is 8.18. The van der Waals surface area contributed by atoms with Crippen molar-refractivity contribution in [1.29, 1.82) is 0 Å². The van der Waals surface area contributed by atoms with Crippen molar-refractivity contribution in [3.8, 4) is 0 Å². The fourth-order valence-electron chi connectivity index (χ4n) is 0. The average molecular weight is 264 g/mol. The van der Waals surface area contributed by atoms with Gasteiger partial charge in [-0.2, -0.15) is 0 Å². The van der Waals surface area contributed by atoms with Gasteiger partial charge in [0.15, 0.2) is 0 Å². The van der Waals surface area contributed by atoms with E-state index in [0.717, 1.165) is 18.3 Å². The molecule has 0 bridgehead atoms. The Labute approximate surface area is 75.0 Å². The molecule has 0 amide bonds. The Morgan fingerprint density at radius 1 is 1.25 bits per heavy atom. The van der Waals surface area contributed by atoms with Gasteiger partial charge < -0.3 is 0 Å². The first-order chi connectivity index (χ1) is 1.00. The van der Waals surface area contributed by atoms with Gasteiger partial charge in [-0.3, -0.25) is 0 Å². The van der Waals surface area contributed by atoms with Crippen LogP contribution in [-0.4, -0.2) is 18.9 Å². The molecule has 0 aliphatic carbocycles. The molecule has 0 unspecified atom stereocenters. The molecule has 0 fully saturated rings. The Balaban J connectivity index is -0.00000000500. The first kappa shape index (κ1) is 16.4. The third-order valence-corrected chi connectivity index (χ3v) is 0. The summed E-state index contributed by atoms with van der Waals surface area (Å²) in [5.74, 6) is 0. The van der Waals surface area contributed by atoms with Crippen LogP contribution >= 0.6 is 0 Å². The number of hydrogen-bond acceptors (Lipinski definition) is 1. The molecule has 1 radical (unpaired) electrons. The monoisotopic (exact) mass is 265 g/mol. The molecule has 0 N–H and O–H groups in total. The van der Waals surface area contributed by atoms with Gasteiger partial charge in [-0.05, 0) is 0 Å². The van der Waals surface area contributed by atoms with Gasteiger partial charge in [0.2, 0.25) is 0 Å². The second-order valence-electron chi connectivity index (χ2n) is 0. The van der Waals surface area contributed by atoms with E-state index < -0.39 is 0 Å². The van der Waals surface area contributed by atoms with Crippen molar-refractivity contribution < 1.29 is 57.4 Å². The van der Waals surface area contributed by atoms with Crippen LogP contribution in [0.2, 0.25) is 0 Å². The summed E-state index contributed by atoms with van der Waals surface area (Å²) in [5, 5.41) is 0. The molecule has 0 aromatic heterocycles. The van der Waals surface area contributed by atoms with E-state index in [1.807, 2.05) is 0 Å². The second kappa shape index (κ2) is 18.9. The third-order valence-electron chi connectivity index (χ3n) is 0. The molecule has 1 nitrogen and oxygen atoms in total. The van der Waals surface area contributed by atoms with Gasteiger partial charge in [-0.25, -0.2) is 0 Å². The molecule has 0 saturated heterocycles. The summed E-state index contributed by atoms with van der Waals surface area (Å²) >= 11 is 1.10. The van der Waals surface area contributed by atoms with Crippen molar-refractivity contribution in [3.05, 3.63) is 0 Å². The molecule has 4 heavy (non-hydrogen) atoms. The van der Waals surface area contributed by atoms with Crippen LogP contribution in [0.1, 0.15) is 0 Å². The zero-order valence-corrected chi connectivity index (χ0v) is 6.70. The molecule has 0 heterocycles. The van der Waals surface area contributed by atoms with E-state index in [1.165, 1.54) is 0 Å². The molecule has 0 saturated carbocycles. The van der Waals surface area contributed by atoms with E-state index >= 15 is 0 Å². The minimum absolute atomic E-state index is 0. The van der Waals surface area contributed by atoms with Gasteiger partial charge in [0.1, 0.15) is 0 Å². The van der Waals surface area contributed by atoms with Crippen LogP contribution in [0.4, 0.5) is 0 Å². The van der Waals surface area contributed by atoms with Crippen molar-refractivity contribution in [3.63, 3.8) is 0 Å². The zero-order chi connectivity index (χ0) is 2.00. The van der Waals surface area contributed by atoms with Gasteiger partial charge in [0, 0.05) is 35.6 Å². The van der Waals surface area contributed by atoms with Crippen LogP contribution in [-0.2, 0) is 21.8 Å². The van der Waals surface area contributed by atoms with E-state index in [4.69, 9.17) is 3.57 Å². The van der Waals surface area contributed by atoms with Gasteiger partial charge in [0.05, 0.1) is 0 Å². The van der Waals surface area contributed by atoms with Crippen LogP contribution in [0.5, 0.6) is 0 Å². The summed E-state index contributed by atoms with van der Waals surface area (Å²) in [6.07, 6.45) is 0. The predicted octanol–water partition coefficient (Wildman–Crippen LogP) is -0.770. The first-order valence-electron chi connectivity index (χ1n) is 0.144. The standard InChI is InChI=1S/La.Li.O.Ru.H. The summed E-state index contributed by atoms with van der Waals surface area (Å²) in [4.78, 5) is 0. The fourth-order valence-corrected chi connectivity index (χ4v) is 0. The minimum atomic E-state index is 0. The first-order valence-corrected chi connectivity index (χ1v) is 0.854. The van der Waals surface area contributed by atoms with Crippen LogP contribution < -0.4 is 0 Å². The maximum absolute atomic E-state index is 8.18. The number of rotatable bonds is 0. The Morgan fingerprint density at radius 3 is 1.25 bits per heavy atom. The molecular weight excluding hydrogens is 263 g/mol. The third kappa shape index (κ3) is 8.88.